The van der Waals surface area contributed by atoms with Crippen LogP contribution in [-0.2, 0) is 12.6 Å². The number of nitriles is 1. The van der Waals surface area contributed by atoms with Gasteiger partial charge in [0.25, 0.3) is 5.56 Å². The van der Waals surface area contributed by atoms with Crippen LogP contribution in [0.1, 0.15) is 29.8 Å². The third-order valence-electron chi connectivity index (χ3n) is 4.00. The lowest BCUT2D eigenvalue weighted by molar-refractivity contribution is -0.137. The molecule has 0 saturated heterocycles. The highest BCUT2D eigenvalue weighted by molar-refractivity contribution is 5.77. The lowest BCUT2D eigenvalue weighted by Gasteiger charge is -2.15. The van der Waals surface area contributed by atoms with Crippen LogP contribution in [0.4, 0.5) is 13.2 Å². The summed E-state index contributed by atoms with van der Waals surface area (Å²) >= 11 is 0. The first-order valence-corrected chi connectivity index (χ1v) is 7.50. The van der Waals surface area contributed by atoms with Crippen LogP contribution < -0.4 is 11.2 Å². The first-order chi connectivity index (χ1) is 12.2. The Morgan fingerprint density at radius 1 is 1.23 bits per heavy atom. The van der Waals surface area contributed by atoms with Gasteiger partial charge in [0.1, 0.15) is 11.0 Å². The van der Waals surface area contributed by atoms with E-state index in [4.69, 9.17) is 5.26 Å². The minimum atomic E-state index is -4.45. The molecule has 2 aromatic heterocycles. The summed E-state index contributed by atoms with van der Waals surface area (Å²) in [6.07, 6.45) is -4.60. The van der Waals surface area contributed by atoms with Gasteiger partial charge < -0.3 is 0 Å². The van der Waals surface area contributed by atoms with Gasteiger partial charge in [-0.05, 0) is 24.6 Å². The molecule has 134 valence electrons. The molecule has 0 aliphatic rings. The average Bonchev–Trinajstić information content (AvgIpc) is 2.92. The molecule has 7 nitrogen and oxygen atoms in total. The monoisotopic (exact) mass is 363 g/mol. The largest absolute Gasteiger partial charge is 0.416 e. The summed E-state index contributed by atoms with van der Waals surface area (Å²) in [4.78, 5) is 28.2. The third kappa shape index (κ3) is 2.99. The third-order valence-corrected chi connectivity index (χ3v) is 4.00. The number of aromatic nitrogens is 4. The second kappa shape index (κ2) is 6.18. The molecule has 0 unspecified atom stereocenters. The summed E-state index contributed by atoms with van der Waals surface area (Å²) in [6.45, 7) is 1.66. The van der Waals surface area contributed by atoms with Crippen molar-refractivity contribution in [3.8, 4) is 6.07 Å². The van der Waals surface area contributed by atoms with Gasteiger partial charge in [-0.1, -0.05) is 12.1 Å². The van der Waals surface area contributed by atoms with Crippen LogP contribution in [0.3, 0.4) is 0 Å². The number of hydrogen-bond donors (Lipinski definition) is 2. The van der Waals surface area contributed by atoms with E-state index in [1.165, 1.54) is 16.8 Å². The molecule has 3 rings (SSSR count). The highest BCUT2D eigenvalue weighted by Gasteiger charge is 2.30. The van der Waals surface area contributed by atoms with Crippen molar-refractivity contribution in [3.63, 3.8) is 0 Å². The highest BCUT2D eigenvalue weighted by Crippen LogP contribution is 2.30. The van der Waals surface area contributed by atoms with Crippen LogP contribution in [-0.4, -0.2) is 19.7 Å². The van der Waals surface area contributed by atoms with Gasteiger partial charge in [0.05, 0.1) is 29.8 Å². The Bertz CT molecular complexity index is 1120. The van der Waals surface area contributed by atoms with Gasteiger partial charge in [-0.2, -0.15) is 23.5 Å². The van der Waals surface area contributed by atoms with Crippen LogP contribution in [0, 0.1) is 11.3 Å². The lowest BCUT2D eigenvalue weighted by Crippen LogP contribution is -2.23. The molecule has 10 heteroatoms. The fraction of sp³-hybridized carbons (Fsp3) is 0.250. The van der Waals surface area contributed by atoms with Crippen molar-refractivity contribution in [3.05, 3.63) is 61.9 Å². The SMILES string of the molecule is C[C@@H](c1ccc(C(F)(F)F)cc1)n1nc(CC#N)c2c(=O)[nH]c(=O)[nH]c21. The van der Waals surface area contributed by atoms with E-state index >= 15 is 0 Å². The van der Waals surface area contributed by atoms with E-state index in [0.29, 0.717) is 5.56 Å². The normalized spacial score (nSPS) is 12.9. The van der Waals surface area contributed by atoms with Gasteiger partial charge in [0.2, 0.25) is 0 Å². The van der Waals surface area contributed by atoms with E-state index in [-0.39, 0.29) is 23.1 Å². The molecule has 0 fully saturated rings. The molecule has 1 aromatic carbocycles. The highest BCUT2D eigenvalue weighted by atomic mass is 19.4. The predicted octanol–water partition coefficient (Wildman–Crippen LogP) is 2.11. The number of benzene rings is 1. The van der Waals surface area contributed by atoms with Crippen molar-refractivity contribution in [1.29, 1.82) is 5.26 Å². The van der Waals surface area contributed by atoms with Crippen LogP contribution in [0.5, 0.6) is 0 Å². The van der Waals surface area contributed by atoms with Gasteiger partial charge in [0.15, 0.2) is 0 Å². The number of nitrogens with zero attached hydrogens (tertiary/aromatic N) is 3. The molecule has 0 saturated carbocycles. The van der Waals surface area contributed by atoms with Crippen molar-refractivity contribution in [2.24, 2.45) is 0 Å². The summed E-state index contributed by atoms with van der Waals surface area (Å²) in [6, 6.07) is 5.81. The molecule has 0 aliphatic carbocycles. The maximum atomic E-state index is 12.7. The van der Waals surface area contributed by atoms with Crippen molar-refractivity contribution in [2.75, 3.05) is 0 Å². The Kier molecular flexibility index (Phi) is 4.15. The molecular weight excluding hydrogens is 351 g/mol. The van der Waals surface area contributed by atoms with Gasteiger partial charge in [0, 0.05) is 0 Å². The molecule has 0 aliphatic heterocycles. The zero-order valence-corrected chi connectivity index (χ0v) is 13.4. The Balaban J connectivity index is 2.14. The number of rotatable bonds is 3. The van der Waals surface area contributed by atoms with E-state index in [1.807, 2.05) is 6.07 Å². The molecule has 2 N–H and O–H groups in total. The Hall–Kier alpha value is -3.35. The molecule has 0 amide bonds. The number of nitrogens with one attached hydrogen (secondary N) is 2. The van der Waals surface area contributed by atoms with E-state index in [2.05, 4.69) is 15.1 Å². The Morgan fingerprint density at radius 3 is 2.46 bits per heavy atom. The fourth-order valence-corrected chi connectivity index (χ4v) is 2.71. The van der Waals surface area contributed by atoms with E-state index in [0.717, 1.165) is 12.1 Å². The standard InChI is InChI=1S/C16H12F3N5O2/c1-8(9-2-4-10(5-3-9)16(17,18)19)24-13-12(11(23-24)6-7-20)14(25)22-15(26)21-13/h2-5,8H,6H2,1H3,(H2,21,22,25,26)/t8-/m0/s1. The van der Waals surface area contributed by atoms with E-state index in [9.17, 15) is 22.8 Å². The van der Waals surface area contributed by atoms with Gasteiger partial charge in [-0.15, -0.1) is 0 Å². The number of fused-ring (bicyclic) bond motifs is 1. The molecule has 3 aromatic rings. The van der Waals surface area contributed by atoms with Crippen LogP contribution in [0.2, 0.25) is 0 Å². The summed E-state index contributed by atoms with van der Waals surface area (Å²) < 4.78 is 39.4. The smallest absolute Gasteiger partial charge is 0.292 e. The molecule has 0 radical (unpaired) electrons. The molecular formula is C16H12F3N5O2. The second-order valence-corrected chi connectivity index (χ2v) is 5.65. The summed E-state index contributed by atoms with van der Waals surface area (Å²) in [5.74, 6) is 0. The van der Waals surface area contributed by atoms with Crippen LogP contribution >= 0.6 is 0 Å². The molecule has 26 heavy (non-hydrogen) atoms. The Labute approximate surface area is 143 Å². The van der Waals surface area contributed by atoms with E-state index in [1.54, 1.807) is 6.92 Å². The minimum Gasteiger partial charge on any atom is -0.292 e. The van der Waals surface area contributed by atoms with Crippen molar-refractivity contribution < 1.29 is 13.2 Å². The predicted molar refractivity (Wildman–Crippen MR) is 85.5 cm³/mol. The molecule has 2 heterocycles. The van der Waals surface area contributed by atoms with Crippen molar-refractivity contribution >= 4 is 11.0 Å². The van der Waals surface area contributed by atoms with Gasteiger partial charge >= 0.3 is 11.9 Å². The number of alkyl halides is 3. The summed E-state index contributed by atoms with van der Waals surface area (Å²) in [7, 11) is 0. The number of hydrogen-bond acceptors (Lipinski definition) is 4. The number of halogens is 3. The average molecular weight is 363 g/mol. The van der Waals surface area contributed by atoms with Crippen LogP contribution in [0.15, 0.2) is 33.9 Å². The Morgan fingerprint density at radius 2 is 1.88 bits per heavy atom. The van der Waals surface area contributed by atoms with Crippen molar-refractivity contribution in [2.45, 2.75) is 25.6 Å². The maximum absolute atomic E-state index is 12.7. The molecule has 0 bridgehead atoms. The van der Waals surface area contributed by atoms with Crippen molar-refractivity contribution in [1.82, 2.24) is 19.7 Å². The first kappa shape index (κ1) is 17.5. The number of aromatic amines is 2. The van der Waals surface area contributed by atoms with Gasteiger partial charge in [-0.25, -0.2) is 9.48 Å². The first-order valence-electron chi connectivity index (χ1n) is 7.50. The zero-order valence-electron chi connectivity index (χ0n) is 13.4. The summed E-state index contributed by atoms with van der Waals surface area (Å²) in [5, 5.41) is 13.2. The summed E-state index contributed by atoms with van der Waals surface area (Å²) in [5.41, 5.74) is -1.43. The van der Waals surface area contributed by atoms with Gasteiger partial charge in [-0.3, -0.25) is 14.8 Å². The molecule has 0 spiro atoms. The zero-order chi connectivity index (χ0) is 19.1. The topological polar surface area (TPSA) is 107 Å². The quantitative estimate of drug-likeness (QED) is 0.743. The fourth-order valence-electron chi connectivity index (χ4n) is 2.71. The van der Waals surface area contributed by atoms with E-state index < -0.39 is 29.0 Å². The number of H-pyrrole nitrogens is 2. The second-order valence-electron chi connectivity index (χ2n) is 5.65. The minimum absolute atomic E-state index is 0.0740. The lowest BCUT2D eigenvalue weighted by atomic mass is 10.1. The van der Waals surface area contributed by atoms with Crippen LogP contribution in [0.25, 0.3) is 11.0 Å². The maximum Gasteiger partial charge on any atom is 0.416 e. The molecule has 1 atom stereocenters.